The van der Waals surface area contributed by atoms with Crippen LogP contribution in [-0.4, -0.2) is 41.4 Å². The lowest BCUT2D eigenvalue weighted by molar-refractivity contribution is 0.302. The third kappa shape index (κ3) is 9.71. The van der Waals surface area contributed by atoms with Crippen molar-refractivity contribution in [2.75, 3.05) is 26.7 Å². The third-order valence-electron chi connectivity index (χ3n) is 3.73. The Morgan fingerprint density at radius 1 is 1.04 bits per heavy atom. The molecule has 0 amide bonds. The van der Waals surface area contributed by atoms with E-state index in [9.17, 15) is 0 Å². The van der Waals surface area contributed by atoms with Gasteiger partial charge in [0.25, 0.3) is 0 Å². The highest BCUT2D eigenvalue weighted by Crippen LogP contribution is 2.07. The molecule has 3 nitrogen and oxygen atoms in total. The van der Waals surface area contributed by atoms with E-state index >= 15 is 0 Å². The van der Waals surface area contributed by atoms with E-state index in [-0.39, 0.29) is 0 Å². The summed E-state index contributed by atoms with van der Waals surface area (Å²) in [5.74, 6) is 0. The predicted octanol–water partition coefficient (Wildman–Crippen LogP) is 4.70. The first-order chi connectivity index (χ1) is 11.7. The number of hydrogen-bond donors (Lipinski definition) is 1. The fourth-order valence-electron chi connectivity index (χ4n) is 2.23. The van der Waals surface area contributed by atoms with Crippen molar-refractivity contribution in [2.45, 2.75) is 40.0 Å². The zero-order valence-electron chi connectivity index (χ0n) is 15.7. The van der Waals surface area contributed by atoms with Gasteiger partial charge in [-0.15, -0.1) is 0 Å². The van der Waals surface area contributed by atoms with Gasteiger partial charge in [-0.1, -0.05) is 57.3 Å². The fraction of sp³-hybridized carbons (Fsp3) is 0.500. The predicted molar refractivity (Wildman–Crippen MR) is 112 cm³/mol. The third-order valence-corrected chi connectivity index (χ3v) is 4.22. The Hall–Kier alpha value is -1.36. The molecule has 0 aliphatic rings. The highest BCUT2D eigenvalue weighted by Gasteiger charge is 1.99. The van der Waals surface area contributed by atoms with Crippen LogP contribution < -0.4 is 5.73 Å². The Balaban J connectivity index is 0.000000402. The molecule has 2 aromatic rings. The zero-order valence-corrected chi connectivity index (χ0v) is 16.5. The summed E-state index contributed by atoms with van der Waals surface area (Å²) >= 11 is 5.16. The zero-order chi connectivity index (χ0) is 18.2. The first kappa shape index (κ1) is 22.6. The highest BCUT2D eigenvalue weighted by atomic mass is 32.1. The minimum absolute atomic E-state index is 1.06. The van der Waals surface area contributed by atoms with Crippen molar-refractivity contribution in [3.63, 3.8) is 0 Å². The van der Waals surface area contributed by atoms with Crippen LogP contribution in [0.25, 0.3) is 10.9 Å². The monoisotopic (exact) mass is 347 g/mol. The number of hydrogen-bond acceptors (Lipinski definition) is 4. The quantitative estimate of drug-likeness (QED) is 0.737. The van der Waals surface area contributed by atoms with Crippen LogP contribution in [-0.2, 0) is 0 Å². The van der Waals surface area contributed by atoms with E-state index in [2.05, 4.69) is 48.5 Å². The number of thiocarbonyl (C=S) groups is 1. The molecule has 0 fully saturated rings. The number of fused-ring (bicyclic) bond motifs is 1. The first-order valence-corrected chi connectivity index (χ1v) is 9.23. The highest BCUT2D eigenvalue weighted by molar-refractivity contribution is 7.80. The fourth-order valence-corrected chi connectivity index (χ4v) is 2.38. The number of aromatic nitrogens is 1. The van der Waals surface area contributed by atoms with Crippen LogP contribution in [0, 0.1) is 0 Å². The van der Waals surface area contributed by atoms with E-state index in [1.807, 2.05) is 30.5 Å². The summed E-state index contributed by atoms with van der Waals surface area (Å²) in [7, 11) is 1.50. The van der Waals surface area contributed by atoms with Gasteiger partial charge in [0, 0.05) is 11.6 Å². The lowest BCUT2D eigenvalue weighted by Crippen LogP contribution is -2.24. The SMILES string of the molecule is CCC(=S)CCCN(CC)CC.CN.c1ccc2ncccc2c1. The van der Waals surface area contributed by atoms with Crippen molar-refractivity contribution in [1.82, 2.24) is 9.88 Å². The second-order valence-electron chi connectivity index (χ2n) is 5.22. The smallest absolute Gasteiger partial charge is 0.0701 e. The van der Waals surface area contributed by atoms with Crippen LogP contribution >= 0.6 is 12.2 Å². The molecule has 2 N–H and O–H groups in total. The summed E-state index contributed by atoms with van der Waals surface area (Å²) in [5, 5.41) is 1.20. The Labute approximate surface area is 153 Å². The Morgan fingerprint density at radius 3 is 2.25 bits per heavy atom. The van der Waals surface area contributed by atoms with Gasteiger partial charge in [0.2, 0.25) is 0 Å². The number of nitrogens with zero attached hydrogens (tertiary/aromatic N) is 2. The molecule has 0 unspecified atom stereocenters. The molecule has 1 heterocycles. The summed E-state index contributed by atoms with van der Waals surface area (Å²) in [6, 6.07) is 12.1. The van der Waals surface area contributed by atoms with Crippen molar-refractivity contribution in [3.8, 4) is 0 Å². The van der Waals surface area contributed by atoms with Crippen LogP contribution in [0.15, 0.2) is 42.6 Å². The van der Waals surface area contributed by atoms with Crippen molar-refractivity contribution < 1.29 is 0 Å². The Morgan fingerprint density at radius 2 is 1.67 bits per heavy atom. The molecule has 0 saturated heterocycles. The number of benzene rings is 1. The van der Waals surface area contributed by atoms with Gasteiger partial charge >= 0.3 is 0 Å². The average molecular weight is 348 g/mol. The second-order valence-corrected chi connectivity index (χ2v) is 5.80. The van der Waals surface area contributed by atoms with Gasteiger partial charge in [-0.25, -0.2) is 0 Å². The molecule has 24 heavy (non-hydrogen) atoms. The van der Waals surface area contributed by atoms with Crippen LogP contribution in [0.1, 0.15) is 40.0 Å². The van der Waals surface area contributed by atoms with Crippen molar-refractivity contribution in [2.24, 2.45) is 5.73 Å². The molecule has 2 rings (SSSR count). The Kier molecular flexibility index (Phi) is 14.3. The van der Waals surface area contributed by atoms with E-state index in [0.717, 1.165) is 31.4 Å². The molecule has 0 atom stereocenters. The number of rotatable bonds is 7. The molecule has 1 aromatic heterocycles. The molecule has 1 aromatic carbocycles. The van der Waals surface area contributed by atoms with Gasteiger partial charge < -0.3 is 10.6 Å². The van der Waals surface area contributed by atoms with E-state index in [0.29, 0.717) is 0 Å². The van der Waals surface area contributed by atoms with Crippen LogP contribution in [0.2, 0.25) is 0 Å². The van der Waals surface area contributed by atoms with Crippen molar-refractivity contribution in [1.29, 1.82) is 0 Å². The summed E-state index contributed by atoms with van der Waals surface area (Å²) in [4.78, 5) is 7.85. The van der Waals surface area contributed by atoms with Gasteiger partial charge in [-0.2, -0.15) is 0 Å². The maximum atomic E-state index is 5.16. The average Bonchev–Trinajstić information content (AvgIpc) is 2.67. The number of nitrogens with two attached hydrogens (primary N) is 1. The molecule has 0 spiro atoms. The molecule has 4 heteroatoms. The van der Waals surface area contributed by atoms with Gasteiger partial charge in [0.15, 0.2) is 0 Å². The van der Waals surface area contributed by atoms with Crippen molar-refractivity contribution >= 4 is 28.0 Å². The van der Waals surface area contributed by atoms with Gasteiger partial charge in [0.1, 0.15) is 0 Å². The number of para-hydroxylation sites is 1. The lowest BCUT2D eigenvalue weighted by Gasteiger charge is -2.17. The van der Waals surface area contributed by atoms with E-state index < -0.39 is 0 Å². The van der Waals surface area contributed by atoms with Crippen LogP contribution in [0.3, 0.4) is 0 Å². The summed E-state index contributed by atoms with van der Waals surface area (Å²) in [5.41, 5.74) is 5.56. The first-order valence-electron chi connectivity index (χ1n) is 8.82. The van der Waals surface area contributed by atoms with Gasteiger partial charge in [-0.3, -0.25) is 4.98 Å². The lowest BCUT2D eigenvalue weighted by atomic mass is 10.2. The number of pyridine rings is 1. The van der Waals surface area contributed by atoms with Crippen molar-refractivity contribution in [3.05, 3.63) is 42.6 Å². The van der Waals surface area contributed by atoms with Crippen LogP contribution in [0.4, 0.5) is 0 Å². The topological polar surface area (TPSA) is 42.1 Å². The van der Waals surface area contributed by atoms with E-state index in [1.54, 1.807) is 0 Å². The van der Waals surface area contributed by atoms with Crippen LogP contribution in [0.5, 0.6) is 0 Å². The summed E-state index contributed by atoms with van der Waals surface area (Å²) in [6.45, 7) is 10.1. The minimum Gasteiger partial charge on any atom is -0.333 e. The largest absolute Gasteiger partial charge is 0.333 e. The maximum Gasteiger partial charge on any atom is 0.0701 e. The maximum absolute atomic E-state index is 5.16. The van der Waals surface area contributed by atoms with E-state index in [1.165, 1.54) is 30.3 Å². The summed E-state index contributed by atoms with van der Waals surface area (Å²) in [6.07, 6.45) is 5.23. The molecular formula is C20H33N3S. The second kappa shape index (κ2) is 15.2. The molecule has 0 radical (unpaired) electrons. The molecular weight excluding hydrogens is 314 g/mol. The molecule has 134 valence electrons. The standard InChI is InChI=1S/C10H21NS.C9H7N.CH5N/c1-4-10(12)8-7-9-11(5-2)6-3;1-2-6-9-8(4-1)5-3-7-10-9;1-2/h4-9H2,1-3H3;1-7H;2H2,1H3. The normalized spacial score (nSPS) is 9.75. The molecule has 0 aliphatic heterocycles. The molecule has 0 saturated carbocycles. The molecule has 0 bridgehead atoms. The summed E-state index contributed by atoms with van der Waals surface area (Å²) < 4.78 is 0. The minimum atomic E-state index is 1.06. The Bertz CT molecular complexity index is 488. The molecule has 0 aliphatic carbocycles. The van der Waals surface area contributed by atoms with Gasteiger partial charge in [0.05, 0.1) is 5.52 Å². The van der Waals surface area contributed by atoms with Gasteiger partial charge in [-0.05, 0) is 62.9 Å². The van der Waals surface area contributed by atoms with E-state index in [4.69, 9.17) is 12.2 Å².